The average Bonchev–Trinajstić information content (AvgIpc) is 3.63. The van der Waals surface area contributed by atoms with Crippen molar-refractivity contribution in [1.29, 1.82) is 0 Å². The Balaban J connectivity index is 1.36. The maximum atomic E-state index is 12.9. The highest BCUT2D eigenvalue weighted by atomic mass is 16.2. The Bertz CT molecular complexity index is 972. The Labute approximate surface area is 182 Å². The van der Waals surface area contributed by atoms with E-state index in [1.54, 1.807) is 11.0 Å². The van der Waals surface area contributed by atoms with E-state index in [1.165, 1.54) is 0 Å². The zero-order valence-electron chi connectivity index (χ0n) is 17.8. The average molecular weight is 421 g/mol. The summed E-state index contributed by atoms with van der Waals surface area (Å²) in [4.78, 5) is 41.2. The van der Waals surface area contributed by atoms with Crippen LogP contribution in [0.15, 0.2) is 48.5 Å². The number of nitrogens with one attached hydrogen (secondary N) is 2. The third-order valence-electron chi connectivity index (χ3n) is 5.79. The third kappa shape index (κ3) is 5.23. The summed E-state index contributed by atoms with van der Waals surface area (Å²) in [7, 11) is 0. The van der Waals surface area contributed by atoms with Crippen LogP contribution in [0.2, 0.25) is 0 Å². The minimum Gasteiger partial charge on any atom is -0.337 e. The van der Waals surface area contributed by atoms with Crippen molar-refractivity contribution in [3.05, 3.63) is 59.7 Å². The molecule has 2 N–H and O–H groups in total. The van der Waals surface area contributed by atoms with Crippen LogP contribution in [0, 0.1) is 12.8 Å². The van der Waals surface area contributed by atoms with E-state index in [2.05, 4.69) is 10.6 Å². The molecule has 4 amide bonds. The molecule has 1 aliphatic heterocycles. The lowest BCUT2D eigenvalue weighted by Gasteiger charge is -2.23. The van der Waals surface area contributed by atoms with Crippen LogP contribution in [0.4, 0.5) is 16.2 Å². The van der Waals surface area contributed by atoms with E-state index in [4.69, 9.17) is 0 Å². The fourth-order valence-corrected chi connectivity index (χ4v) is 3.71. The van der Waals surface area contributed by atoms with Crippen LogP contribution >= 0.6 is 0 Å². The zero-order valence-corrected chi connectivity index (χ0v) is 17.8. The molecule has 1 saturated carbocycles. The van der Waals surface area contributed by atoms with Crippen molar-refractivity contribution < 1.29 is 14.4 Å². The van der Waals surface area contributed by atoms with Crippen LogP contribution in [0.25, 0.3) is 0 Å². The third-order valence-corrected chi connectivity index (χ3v) is 5.79. The summed E-state index contributed by atoms with van der Waals surface area (Å²) in [6, 6.07) is 14.6. The second kappa shape index (κ2) is 9.20. The quantitative estimate of drug-likeness (QED) is 0.791. The van der Waals surface area contributed by atoms with Gasteiger partial charge in [0.15, 0.2) is 0 Å². The molecular formula is C24H28N4O3. The smallest absolute Gasteiger partial charge is 0.321 e. The van der Waals surface area contributed by atoms with Gasteiger partial charge in [0.2, 0.25) is 5.91 Å². The maximum Gasteiger partial charge on any atom is 0.321 e. The Kier molecular flexibility index (Phi) is 6.21. The largest absolute Gasteiger partial charge is 0.337 e. The number of nitrogens with zero attached hydrogens (tertiary/aromatic N) is 2. The van der Waals surface area contributed by atoms with E-state index in [-0.39, 0.29) is 23.8 Å². The summed E-state index contributed by atoms with van der Waals surface area (Å²) in [6.07, 6.45) is 2.61. The fourth-order valence-electron chi connectivity index (χ4n) is 3.71. The highest BCUT2D eigenvalue weighted by molar-refractivity contribution is 5.96. The molecule has 0 spiro atoms. The predicted molar refractivity (Wildman–Crippen MR) is 120 cm³/mol. The summed E-state index contributed by atoms with van der Waals surface area (Å²) in [5, 5.41) is 5.89. The number of amides is 4. The lowest BCUT2D eigenvalue weighted by molar-refractivity contribution is -0.117. The van der Waals surface area contributed by atoms with Crippen molar-refractivity contribution >= 4 is 29.2 Å². The number of carbonyl (C=O) groups excluding carboxylic acids is 3. The molecule has 0 radical (unpaired) electrons. The predicted octanol–water partition coefficient (Wildman–Crippen LogP) is 3.72. The molecule has 0 bridgehead atoms. The molecule has 7 nitrogen and oxygen atoms in total. The fraction of sp³-hybridized carbons (Fsp3) is 0.375. The monoisotopic (exact) mass is 420 g/mol. The van der Waals surface area contributed by atoms with Gasteiger partial charge in [0.05, 0.1) is 0 Å². The van der Waals surface area contributed by atoms with Crippen LogP contribution in [0.5, 0.6) is 0 Å². The molecular weight excluding hydrogens is 392 g/mol. The van der Waals surface area contributed by atoms with E-state index < -0.39 is 0 Å². The molecule has 2 fully saturated rings. The standard InChI is InChI=1S/C24H28N4O3/c1-17-8-11-20(25-22(29)18-9-10-18)16-21(17)26-24(31)28-13-5-12-27(14-15-28)23(30)19-6-3-2-4-7-19/h2-4,6-8,11,16,18H,5,9-10,12-15H2,1H3,(H,25,29)(H,26,31). The van der Waals surface area contributed by atoms with Gasteiger partial charge in [0, 0.05) is 49.0 Å². The molecule has 1 aliphatic carbocycles. The molecule has 162 valence electrons. The van der Waals surface area contributed by atoms with Gasteiger partial charge in [-0.05, 0) is 56.0 Å². The molecule has 2 aliphatic rings. The topological polar surface area (TPSA) is 81.8 Å². The van der Waals surface area contributed by atoms with Gasteiger partial charge >= 0.3 is 6.03 Å². The first kappa shape index (κ1) is 20.9. The van der Waals surface area contributed by atoms with E-state index in [0.717, 1.165) is 24.8 Å². The minimum atomic E-state index is -0.192. The molecule has 7 heteroatoms. The number of aryl methyl sites for hydroxylation is 1. The number of benzene rings is 2. The van der Waals surface area contributed by atoms with Gasteiger partial charge in [-0.3, -0.25) is 9.59 Å². The summed E-state index contributed by atoms with van der Waals surface area (Å²) in [5.41, 5.74) is 2.96. The number of rotatable bonds is 4. The van der Waals surface area contributed by atoms with Gasteiger partial charge in [-0.25, -0.2) is 4.79 Å². The van der Waals surface area contributed by atoms with E-state index in [9.17, 15) is 14.4 Å². The summed E-state index contributed by atoms with van der Waals surface area (Å²) >= 11 is 0. The number of urea groups is 1. The second-order valence-corrected chi connectivity index (χ2v) is 8.22. The lowest BCUT2D eigenvalue weighted by Crippen LogP contribution is -2.39. The molecule has 0 atom stereocenters. The van der Waals surface area contributed by atoms with Crippen molar-refractivity contribution in [2.24, 2.45) is 5.92 Å². The highest BCUT2D eigenvalue weighted by Gasteiger charge is 2.29. The van der Waals surface area contributed by atoms with Crippen LogP contribution in [0.1, 0.15) is 35.2 Å². The van der Waals surface area contributed by atoms with Crippen LogP contribution in [-0.4, -0.2) is 53.8 Å². The van der Waals surface area contributed by atoms with Gasteiger partial charge in [-0.15, -0.1) is 0 Å². The first-order valence-electron chi connectivity index (χ1n) is 10.8. The molecule has 2 aromatic rings. The Hall–Kier alpha value is -3.35. The number of anilines is 2. The Morgan fingerprint density at radius 2 is 1.58 bits per heavy atom. The SMILES string of the molecule is Cc1ccc(NC(=O)C2CC2)cc1NC(=O)N1CCCN(C(=O)c2ccccc2)CC1. The maximum absolute atomic E-state index is 12.9. The van der Waals surface area contributed by atoms with Crippen molar-refractivity contribution in [2.75, 3.05) is 36.8 Å². The highest BCUT2D eigenvalue weighted by Crippen LogP contribution is 2.31. The first-order valence-corrected chi connectivity index (χ1v) is 10.8. The number of carbonyl (C=O) groups is 3. The zero-order chi connectivity index (χ0) is 21.8. The molecule has 1 saturated heterocycles. The Morgan fingerprint density at radius 1 is 0.871 bits per heavy atom. The number of hydrogen-bond acceptors (Lipinski definition) is 3. The molecule has 1 heterocycles. The van der Waals surface area contributed by atoms with Gasteiger partial charge in [-0.2, -0.15) is 0 Å². The molecule has 0 unspecified atom stereocenters. The second-order valence-electron chi connectivity index (χ2n) is 8.22. The number of hydrogen-bond donors (Lipinski definition) is 2. The molecule has 2 aromatic carbocycles. The minimum absolute atomic E-state index is 0.00203. The molecule has 4 rings (SSSR count). The Morgan fingerprint density at radius 3 is 2.32 bits per heavy atom. The lowest BCUT2D eigenvalue weighted by atomic mass is 10.1. The van der Waals surface area contributed by atoms with E-state index in [0.29, 0.717) is 43.1 Å². The van der Waals surface area contributed by atoms with Crippen LogP contribution in [0.3, 0.4) is 0 Å². The molecule has 31 heavy (non-hydrogen) atoms. The summed E-state index contributed by atoms with van der Waals surface area (Å²) < 4.78 is 0. The normalized spacial score (nSPS) is 16.4. The van der Waals surface area contributed by atoms with E-state index >= 15 is 0 Å². The van der Waals surface area contributed by atoms with Gasteiger partial charge < -0.3 is 20.4 Å². The van der Waals surface area contributed by atoms with Gasteiger partial charge in [0.25, 0.3) is 5.91 Å². The van der Waals surface area contributed by atoms with Crippen molar-refractivity contribution in [3.8, 4) is 0 Å². The first-order chi connectivity index (χ1) is 15.0. The summed E-state index contributed by atoms with van der Waals surface area (Å²) in [5.74, 6) is 0.160. The van der Waals surface area contributed by atoms with Crippen molar-refractivity contribution in [3.63, 3.8) is 0 Å². The molecule has 0 aromatic heterocycles. The summed E-state index contributed by atoms with van der Waals surface area (Å²) in [6.45, 7) is 4.10. The van der Waals surface area contributed by atoms with Crippen LogP contribution < -0.4 is 10.6 Å². The van der Waals surface area contributed by atoms with Crippen molar-refractivity contribution in [1.82, 2.24) is 9.80 Å². The van der Waals surface area contributed by atoms with Crippen LogP contribution in [-0.2, 0) is 4.79 Å². The van der Waals surface area contributed by atoms with Crippen molar-refractivity contribution in [2.45, 2.75) is 26.2 Å². The van der Waals surface area contributed by atoms with Gasteiger partial charge in [-0.1, -0.05) is 24.3 Å². The van der Waals surface area contributed by atoms with E-state index in [1.807, 2.05) is 54.3 Å². The van der Waals surface area contributed by atoms with Gasteiger partial charge in [0.1, 0.15) is 0 Å².